The first-order valence-corrected chi connectivity index (χ1v) is 10.9. The van der Waals surface area contributed by atoms with Gasteiger partial charge < -0.3 is 10.1 Å². The Morgan fingerprint density at radius 3 is 2.57 bits per heavy atom. The van der Waals surface area contributed by atoms with Crippen molar-refractivity contribution in [1.82, 2.24) is 9.62 Å². The number of amides is 1. The molecule has 0 radical (unpaired) electrons. The number of sulfonamides is 1. The van der Waals surface area contributed by atoms with Gasteiger partial charge >= 0.3 is 0 Å². The van der Waals surface area contributed by atoms with Crippen molar-refractivity contribution >= 4 is 15.9 Å². The second kappa shape index (κ2) is 8.75. The number of carbonyl (C=O) groups excluding carboxylic acids is 1. The van der Waals surface area contributed by atoms with Crippen LogP contribution >= 0.6 is 0 Å². The number of nitrogens with zero attached hydrogens (tertiary/aromatic N) is 1. The van der Waals surface area contributed by atoms with E-state index in [1.165, 1.54) is 10.4 Å². The molecular weight excluding hydrogens is 376 g/mol. The van der Waals surface area contributed by atoms with Gasteiger partial charge in [0, 0.05) is 25.2 Å². The molecule has 0 saturated carbocycles. The van der Waals surface area contributed by atoms with Crippen molar-refractivity contribution in [1.29, 1.82) is 0 Å². The molecule has 3 rings (SSSR count). The Balaban J connectivity index is 1.77. The zero-order valence-corrected chi connectivity index (χ0v) is 17.1. The summed E-state index contributed by atoms with van der Waals surface area (Å²) in [4.78, 5) is 12.9. The van der Waals surface area contributed by atoms with Gasteiger partial charge in [-0.05, 0) is 55.2 Å². The number of methoxy groups -OCH3 is 1. The SMILES string of the molecule is COc1cccc(CNC(=O)c2cc(S(=O)(=O)N3CCCCC3)ccc2C)c1. The van der Waals surface area contributed by atoms with Crippen molar-refractivity contribution in [3.8, 4) is 5.75 Å². The summed E-state index contributed by atoms with van der Waals surface area (Å²) < 4.78 is 32.5. The maximum atomic E-state index is 12.9. The van der Waals surface area contributed by atoms with E-state index in [2.05, 4.69) is 5.32 Å². The highest BCUT2D eigenvalue weighted by Crippen LogP contribution is 2.23. The summed E-state index contributed by atoms with van der Waals surface area (Å²) in [5, 5.41) is 2.86. The first-order valence-electron chi connectivity index (χ1n) is 9.44. The average molecular weight is 403 g/mol. The molecule has 1 amide bonds. The van der Waals surface area contributed by atoms with Crippen LogP contribution in [-0.4, -0.2) is 38.8 Å². The molecule has 0 aromatic heterocycles. The maximum Gasteiger partial charge on any atom is 0.251 e. The molecule has 2 aromatic rings. The number of nitrogens with one attached hydrogen (secondary N) is 1. The maximum absolute atomic E-state index is 12.9. The normalized spacial score (nSPS) is 15.2. The van der Waals surface area contributed by atoms with Crippen LogP contribution in [-0.2, 0) is 16.6 Å². The largest absolute Gasteiger partial charge is 0.497 e. The Labute approximate surface area is 166 Å². The fourth-order valence-electron chi connectivity index (χ4n) is 3.32. The highest BCUT2D eigenvalue weighted by molar-refractivity contribution is 7.89. The van der Waals surface area contributed by atoms with Gasteiger partial charge in [0.05, 0.1) is 12.0 Å². The monoisotopic (exact) mass is 402 g/mol. The van der Waals surface area contributed by atoms with Crippen LogP contribution in [0.2, 0.25) is 0 Å². The van der Waals surface area contributed by atoms with E-state index < -0.39 is 10.0 Å². The van der Waals surface area contributed by atoms with Gasteiger partial charge in [-0.3, -0.25) is 4.79 Å². The summed E-state index contributed by atoms with van der Waals surface area (Å²) in [5.74, 6) is 0.425. The van der Waals surface area contributed by atoms with E-state index in [1.54, 1.807) is 26.2 Å². The van der Waals surface area contributed by atoms with Gasteiger partial charge in [0.15, 0.2) is 0 Å². The number of rotatable bonds is 6. The van der Waals surface area contributed by atoms with E-state index in [0.717, 1.165) is 36.1 Å². The molecule has 1 fully saturated rings. The lowest BCUT2D eigenvalue weighted by Crippen LogP contribution is -2.35. The van der Waals surface area contributed by atoms with Gasteiger partial charge in [0.1, 0.15) is 5.75 Å². The molecule has 6 nitrogen and oxygen atoms in total. The molecule has 1 heterocycles. The summed E-state index contributed by atoms with van der Waals surface area (Å²) in [7, 11) is -1.98. The van der Waals surface area contributed by atoms with Crippen LogP contribution in [0.4, 0.5) is 0 Å². The van der Waals surface area contributed by atoms with Crippen LogP contribution < -0.4 is 10.1 Å². The number of aryl methyl sites for hydroxylation is 1. The van der Waals surface area contributed by atoms with Crippen LogP contribution in [0.15, 0.2) is 47.4 Å². The Morgan fingerprint density at radius 2 is 1.86 bits per heavy atom. The molecule has 28 heavy (non-hydrogen) atoms. The summed E-state index contributed by atoms with van der Waals surface area (Å²) in [5.41, 5.74) is 2.02. The van der Waals surface area contributed by atoms with Crippen molar-refractivity contribution in [2.75, 3.05) is 20.2 Å². The third-order valence-electron chi connectivity index (χ3n) is 4.99. The Bertz CT molecular complexity index is 951. The van der Waals surface area contributed by atoms with Crippen LogP contribution in [0.3, 0.4) is 0 Å². The Hall–Kier alpha value is -2.38. The van der Waals surface area contributed by atoms with E-state index in [1.807, 2.05) is 24.3 Å². The van der Waals surface area contributed by atoms with E-state index in [9.17, 15) is 13.2 Å². The zero-order chi connectivity index (χ0) is 20.1. The lowest BCUT2D eigenvalue weighted by atomic mass is 10.1. The average Bonchev–Trinajstić information content (AvgIpc) is 2.73. The third kappa shape index (κ3) is 4.54. The molecule has 0 spiro atoms. The molecule has 1 aliphatic heterocycles. The predicted octanol–water partition coefficient (Wildman–Crippen LogP) is 3.11. The molecule has 150 valence electrons. The first kappa shape index (κ1) is 20.4. The van der Waals surface area contributed by atoms with E-state index >= 15 is 0 Å². The first-order chi connectivity index (χ1) is 13.4. The number of benzene rings is 2. The molecule has 2 aromatic carbocycles. The second-order valence-electron chi connectivity index (χ2n) is 6.98. The topological polar surface area (TPSA) is 75.7 Å². The van der Waals surface area contributed by atoms with Gasteiger partial charge in [0.2, 0.25) is 10.0 Å². The molecule has 1 aliphatic rings. The van der Waals surface area contributed by atoms with Gasteiger partial charge in [-0.2, -0.15) is 4.31 Å². The zero-order valence-electron chi connectivity index (χ0n) is 16.3. The second-order valence-corrected chi connectivity index (χ2v) is 8.91. The predicted molar refractivity (Wildman–Crippen MR) is 108 cm³/mol. The number of ether oxygens (including phenoxy) is 1. The molecule has 0 atom stereocenters. The number of hydrogen-bond donors (Lipinski definition) is 1. The van der Waals surface area contributed by atoms with Gasteiger partial charge in [-0.1, -0.05) is 24.6 Å². The molecular formula is C21H26N2O4S. The highest BCUT2D eigenvalue weighted by Gasteiger charge is 2.27. The molecule has 0 unspecified atom stereocenters. The van der Waals surface area contributed by atoms with Crippen molar-refractivity contribution < 1.29 is 17.9 Å². The Kier molecular flexibility index (Phi) is 6.36. The summed E-state index contributed by atoms with van der Waals surface area (Å²) in [6, 6.07) is 12.2. The third-order valence-corrected chi connectivity index (χ3v) is 6.89. The quantitative estimate of drug-likeness (QED) is 0.806. The number of carbonyl (C=O) groups is 1. The number of piperidine rings is 1. The van der Waals surface area contributed by atoms with Gasteiger partial charge in [0.25, 0.3) is 5.91 Å². The van der Waals surface area contributed by atoms with Gasteiger partial charge in [-0.15, -0.1) is 0 Å². The Morgan fingerprint density at radius 1 is 1.11 bits per heavy atom. The van der Waals surface area contributed by atoms with Crippen LogP contribution in [0.5, 0.6) is 5.75 Å². The lowest BCUT2D eigenvalue weighted by molar-refractivity contribution is 0.0950. The van der Waals surface area contributed by atoms with Crippen LogP contribution in [0.1, 0.15) is 40.7 Å². The fourth-order valence-corrected chi connectivity index (χ4v) is 4.86. The van der Waals surface area contributed by atoms with E-state index in [4.69, 9.17) is 4.74 Å². The minimum Gasteiger partial charge on any atom is -0.497 e. The summed E-state index contributed by atoms with van der Waals surface area (Å²) in [6.45, 7) is 3.21. The van der Waals surface area contributed by atoms with E-state index in [-0.39, 0.29) is 10.8 Å². The van der Waals surface area contributed by atoms with Gasteiger partial charge in [-0.25, -0.2) is 8.42 Å². The van der Waals surface area contributed by atoms with Crippen LogP contribution in [0, 0.1) is 6.92 Å². The van der Waals surface area contributed by atoms with Crippen molar-refractivity contribution in [2.24, 2.45) is 0 Å². The summed E-state index contributed by atoms with van der Waals surface area (Å²) in [6.07, 6.45) is 2.80. The molecule has 1 N–H and O–H groups in total. The standard InChI is InChI=1S/C21H26N2O4S/c1-16-9-10-19(28(25,26)23-11-4-3-5-12-23)14-20(16)21(24)22-15-17-7-6-8-18(13-17)27-2/h6-10,13-14H,3-5,11-12,15H2,1-2H3,(H,22,24). The van der Waals surface area contributed by atoms with Crippen molar-refractivity contribution in [3.63, 3.8) is 0 Å². The smallest absolute Gasteiger partial charge is 0.251 e. The van der Waals surface area contributed by atoms with Crippen LogP contribution in [0.25, 0.3) is 0 Å². The molecule has 0 aliphatic carbocycles. The van der Waals surface area contributed by atoms with Crippen molar-refractivity contribution in [2.45, 2.75) is 37.6 Å². The number of hydrogen-bond acceptors (Lipinski definition) is 4. The van der Waals surface area contributed by atoms with Crippen molar-refractivity contribution in [3.05, 3.63) is 59.2 Å². The molecule has 0 bridgehead atoms. The molecule has 7 heteroatoms. The van der Waals surface area contributed by atoms with E-state index in [0.29, 0.717) is 25.2 Å². The fraction of sp³-hybridized carbons (Fsp3) is 0.381. The minimum absolute atomic E-state index is 0.173. The lowest BCUT2D eigenvalue weighted by Gasteiger charge is -2.26. The molecule has 1 saturated heterocycles. The summed E-state index contributed by atoms with van der Waals surface area (Å²) >= 11 is 0. The minimum atomic E-state index is -3.57. The highest BCUT2D eigenvalue weighted by atomic mass is 32.2.